The molecule has 3 N–H and O–H groups in total. The van der Waals surface area contributed by atoms with Crippen molar-refractivity contribution in [1.29, 1.82) is 0 Å². The number of halogens is 2. The monoisotopic (exact) mass is 146 g/mol. The Morgan fingerprint density at radius 1 is 1.50 bits per heavy atom. The molecule has 4 heteroatoms. The third-order valence-electron chi connectivity index (χ3n) is 1.25. The van der Waals surface area contributed by atoms with E-state index in [0.717, 1.165) is 0 Å². The zero-order valence-electron chi connectivity index (χ0n) is 5.22. The van der Waals surface area contributed by atoms with Gasteiger partial charge in [0.1, 0.15) is 6.04 Å². The van der Waals surface area contributed by atoms with E-state index in [-0.39, 0.29) is 0 Å². The predicted octanol–water partition coefficient (Wildman–Crippen LogP) is 1.28. The van der Waals surface area contributed by atoms with Crippen LogP contribution in [0.25, 0.3) is 0 Å². The molecule has 0 saturated carbocycles. The Hall–Kier alpha value is -0.900. The number of aromatic amines is 1. The van der Waals surface area contributed by atoms with Gasteiger partial charge in [-0.1, -0.05) is 0 Å². The second-order valence-electron chi connectivity index (χ2n) is 1.99. The van der Waals surface area contributed by atoms with E-state index >= 15 is 0 Å². The standard InChI is InChI=1S/C6H8F2N2/c7-6(8)5(9)4-2-1-3-10-4/h1-3,5-6,10H,9H2/t5-/m1/s1. The van der Waals surface area contributed by atoms with Crippen molar-refractivity contribution >= 4 is 0 Å². The fourth-order valence-corrected chi connectivity index (χ4v) is 0.687. The van der Waals surface area contributed by atoms with Crippen molar-refractivity contribution in [3.05, 3.63) is 24.0 Å². The van der Waals surface area contributed by atoms with Crippen LogP contribution in [0.4, 0.5) is 8.78 Å². The number of hydrogen-bond donors (Lipinski definition) is 2. The molecule has 1 atom stereocenters. The van der Waals surface area contributed by atoms with Crippen LogP contribution in [0.3, 0.4) is 0 Å². The minimum Gasteiger partial charge on any atom is -0.364 e. The lowest BCUT2D eigenvalue weighted by Crippen LogP contribution is -2.18. The molecule has 0 amide bonds. The van der Waals surface area contributed by atoms with Crippen LogP contribution in [-0.2, 0) is 0 Å². The highest BCUT2D eigenvalue weighted by Gasteiger charge is 2.17. The van der Waals surface area contributed by atoms with E-state index in [1.807, 2.05) is 0 Å². The molecule has 0 unspecified atom stereocenters. The molecule has 0 aliphatic rings. The molecule has 0 saturated heterocycles. The zero-order valence-corrected chi connectivity index (χ0v) is 5.22. The molecule has 2 nitrogen and oxygen atoms in total. The molecule has 1 heterocycles. The lowest BCUT2D eigenvalue weighted by atomic mass is 10.2. The summed E-state index contributed by atoms with van der Waals surface area (Å²) in [5.74, 6) is 0. The van der Waals surface area contributed by atoms with Gasteiger partial charge in [0.15, 0.2) is 0 Å². The van der Waals surface area contributed by atoms with Gasteiger partial charge in [-0.15, -0.1) is 0 Å². The summed E-state index contributed by atoms with van der Waals surface area (Å²) in [5.41, 5.74) is 5.47. The molecule has 0 bridgehead atoms. The molecular formula is C6H8F2N2. The minimum absolute atomic E-state index is 0.370. The van der Waals surface area contributed by atoms with Crippen LogP contribution < -0.4 is 5.73 Å². The van der Waals surface area contributed by atoms with Gasteiger partial charge in [-0.25, -0.2) is 8.78 Å². The van der Waals surface area contributed by atoms with Crippen LogP contribution in [0, 0.1) is 0 Å². The first-order valence-corrected chi connectivity index (χ1v) is 2.89. The van der Waals surface area contributed by atoms with Crippen molar-refractivity contribution < 1.29 is 8.78 Å². The normalized spacial score (nSPS) is 14.0. The highest BCUT2D eigenvalue weighted by Crippen LogP contribution is 2.14. The van der Waals surface area contributed by atoms with Crippen LogP contribution in [-0.4, -0.2) is 11.4 Å². The first-order chi connectivity index (χ1) is 4.72. The summed E-state index contributed by atoms with van der Waals surface area (Å²) in [7, 11) is 0. The Balaban J connectivity index is 2.68. The second kappa shape index (κ2) is 2.79. The number of H-pyrrole nitrogens is 1. The van der Waals surface area contributed by atoms with E-state index in [4.69, 9.17) is 5.73 Å². The molecule has 0 aromatic carbocycles. The Morgan fingerprint density at radius 2 is 2.20 bits per heavy atom. The third kappa shape index (κ3) is 1.33. The van der Waals surface area contributed by atoms with Crippen LogP contribution in [0.15, 0.2) is 18.3 Å². The van der Waals surface area contributed by atoms with Crippen LogP contribution >= 0.6 is 0 Å². The van der Waals surface area contributed by atoms with E-state index in [9.17, 15) is 8.78 Å². The highest BCUT2D eigenvalue weighted by atomic mass is 19.3. The third-order valence-corrected chi connectivity index (χ3v) is 1.25. The molecule has 1 aromatic heterocycles. The van der Waals surface area contributed by atoms with E-state index in [1.54, 1.807) is 12.3 Å². The van der Waals surface area contributed by atoms with Crippen molar-refractivity contribution in [2.24, 2.45) is 5.73 Å². The maximum atomic E-state index is 11.8. The second-order valence-corrected chi connectivity index (χ2v) is 1.99. The van der Waals surface area contributed by atoms with Gasteiger partial charge in [-0.3, -0.25) is 0 Å². The average molecular weight is 146 g/mol. The van der Waals surface area contributed by atoms with Crippen LogP contribution in [0.1, 0.15) is 11.7 Å². The molecule has 0 aliphatic heterocycles. The first kappa shape index (κ1) is 7.21. The summed E-state index contributed by atoms with van der Waals surface area (Å²) in [6.45, 7) is 0. The molecule has 1 aromatic rings. The number of nitrogens with two attached hydrogens (primary N) is 1. The molecule has 0 fully saturated rings. The predicted molar refractivity (Wildman–Crippen MR) is 33.7 cm³/mol. The van der Waals surface area contributed by atoms with Crippen LogP contribution in [0.5, 0.6) is 0 Å². The maximum Gasteiger partial charge on any atom is 0.259 e. The topological polar surface area (TPSA) is 41.8 Å². The van der Waals surface area contributed by atoms with Crippen molar-refractivity contribution in [3.8, 4) is 0 Å². The molecule has 0 spiro atoms. The highest BCUT2D eigenvalue weighted by molar-refractivity contribution is 5.08. The van der Waals surface area contributed by atoms with Gasteiger partial charge >= 0.3 is 0 Å². The Morgan fingerprint density at radius 3 is 2.60 bits per heavy atom. The number of rotatable bonds is 2. The largest absolute Gasteiger partial charge is 0.364 e. The molecule has 56 valence electrons. The van der Waals surface area contributed by atoms with Gasteiger partial charge in [0.2, 0.25) is 0 Å². The Labute approximate surface area is 57.0 Å². The molecule has 0 aliphatic carbocycles. The molecular weight excluding hydrogens is 138 g/mol. The summed E-state index contributed by atoms with van der Waals surface area (Å²) in [6.07, 6.45) is -0.934. The summed E-state index contributed by atoms with van der Waals surface area (Å²) < 4.78 is 23.7. The summed E-state index contributed by atoms with van der Waals surface area (Å²) in [6, 6.07) is 1.99. The summed E-state index contributed by atoms with van der Waals surface area (Å²) in [5, 5.41) is 0. The zero-order chi connectivity index (χ0) is 7.56. The van der Waals surface area contributed by atoms with Crippen molar-refractivity contribution in [1.82, 2.24) is 4.98 Å². The Bertz CT molecular complexity index is 184. The quantitative estimate of drug-likeness (QED) is 0.648. The van der Waals surface area contributed by atoms with E-state index in [0.29, 0.717) is 5.69 Å². The number of hydrogen-bond acceptors (Lipinski definition) is 1. The van der Waals surface area contributed by atoms with Crippen molar-refractivity contribution in [2.45, 2.75) is 12.5 Å². The fourth-order valence-electron chi connectivity index (χ4n) is 0.687. The number of aromatic nitrogens is 1. The SMILES string of the molecule is N[C@H](c1ccc[nH]1)C(F)F. The van der Waals surface area contributed by atoms with Gasteiger partial charge in [0, 0.05) is 11.9 Å². The molecule has 0 radical (unpaired) electrons. The lowest BCUT2D eigenvalue weighted by molar-refractivity contribution is 0.115. The first-order valence-electron chi connectivity index (χ1n) is 2.89. The summed E-state index contributed by atoms with van der Waals surface area (Å²) in [4.78, 5) is 2.61. The van der Waals surface area contributed by atoms with Crippen molar-refractivity contribution in [3.63, 3.8) is 0 Å². The van der Waals surface area contributed by atoms with Gasteiger partial charge in [0.05, 0.1) is 0 Å². The van der Waals surface area contributed by atoms with Gasteiger partial charge < -0.3 is 10.7 Å². The number of nitrogens with one attached hydrogen (secondary N) is 1. The molecule has 10 heavy (non-hydrogen) atoms. The summed E-state index contributed by atoms with van der Waals surface area (Å²) >= 11 is 0. The van der Waals surface area contributed by atoms with Gasteiger partial charge in [0.25, 0.3) is 6.43 Å². The molecule has 1 rings (SSSR count). The van der Waals surface area contributed by atoms with Gasteiger partial charge in [-0.2, -0.15) is 0 Å². The smallest absolute Gasteiger partial charge is 0.259 e. The maximum absolute atomic E-state index is 11.8. The lowest BCUT2D eigenvalue weighted by Gasteiger charge is -2.06. The van der Waals surface area contributed by atoms with E-state index < -0.39 is 12.5 Å². The fraction of sp³-hybridized carbons (Fsp3) is 0.333. The number of alkyl halides is 2. The van der Waals surface area contributed by atoms with Gasteiger partial charge in [-0.05, 0) is 12.1 Å². The van der Waals surface area contributed by atoms with E-state index in [2.05, 4.69) is 4.98 Å². The minimum atomic E-state index is -2.50. The Kier molecular flexibility index (Phi) is 2.01. The van der Waals surface area contributed by atoms with E-state index in [1.165, 1.54) is 6.07 Å². The van der Waals surface area contributed by atoms with Crippen molar-refractivity contribution in [2.75, 3.05) is 0 Å². The van der Waals surface area contributed by atoms with Crippen LogP contribution in [0.2, 0.25) is 0 Å². The average Bonchev–Trinajstić information content (AvgIpc) is 2.36.